The van der Waals surface area contributed by atoms with E-state index in [2.05, 4.69) is 5.32 Å². The number of halogens is 2. The summed E-state index contributed by atoms with van der Waals surface area (Å²) in [5.74, 6) is -0.907. The molecule has 214 valence electrons. The first-order valence-corrected chi connectivity index (χ1v) is 15.2. The zero-order valence-electron chi connectivity index (χ0n) is 23.3. The fourth-order valence-electron chi connectivity index (χ4n) is 4.10. The molecule has 0 aromatic heterocycles. The van der Waals surface area contributed by atoms with Gasteiger partial charge in [0.05, 0.1) is 10.6 Å². The lowest BCUT2D eigenvalue weighted by atomic mass is 10.1. The van der Waals surface area contributed by atoms with Crippen LogP contribution in [0, 0.1) is 13.8 Å². The summed E-state index contributed by atoms with van der Waals surface area (Å²) in [6.07, 6.45) is 0.713. The molecule has 3 rings (SSSR count). The van der Waals surface area contributed by atoms with E-state index in [9.17, 15) is 18.0 Å². The van der Waals surface area contributed by atoms with E-state index in [0.29, 0.717) is 33.3 Å². The molecule has 0 aliphatic rings. The van der Waals surface area contributed by atoms with Gasteiger partial charge in [-0.15, -0.1) is 0 Å². The number of nitrogens with one attached hydrogen (secondary N) is 1. The lowest BCUT2D eigenvalue weighted by Gasteiger charge is -2.33. The van der Waals surface area contributed by atoms with Gasteiger partial charge in [0.15, 0.2) is 0 Å². The largest absolute Gasteiger partial charge is 0.352 e. The zero-order valence-corrected chi connectivity index (χ0v) is 25.6. The number of anilines is 1. The van der Waals surface area contributed by atoms with Crippen LogP contribution in [0.4, 0.5) is 5.69 Å². The van der Waals surface area contributed by atoms with Crippen LogP contribution < -0.4 is 9.62 Å². The van der Waals surface area contributed by atoms with Gasteiger partial charge in [-0.25, -0.2) is 8.42 Å². The van der Waals surface area contributed by atoms with Crippen LogP contribution in [0.3, 0.4) is 0 Å². The first kappa shape index (κ1) is 31.5. The van der Waals surface area contributed by atoms with Crippen molar-refractivity contribution in [2.45, 2.75) is 64.6 Å². The van der Waals surface area contributed by atoms with Gasteiger partial charge >= 0.3 is 0 Å². The first-order chi connectivity index (χ1) is 18.8. The molecule has 0 heterocycles. The molecule has 2 amide bonds. The van der Waals surface area contributed by atoms with Gasteiger partial charge in [-0.3, -0.25) is 13.9 Å². The smallest absolute Gasteiger partial charge is 0.264 e. The van der Waals surface area contributed by atoms with Gasteiger partial charge in [-0.2, -0.15) is 0 Å². The van der Waals surface area contributed by atoms with Crippen LogP contribution in [-0.4, -0.2) is 43.8 Å². The van der Waals surface area contributed by atoms with Crippen LogP contribution >= 0.6 is 23.2 Å². The molecule has 3 aromatic rings. The van der Waals surface area contributed by atoms with E-state index in [-0.39, 0.29) is 23.4 Å². The maximum absolute atomic E-state index is 14.1. The molecule has 2 atom stereocenters. The predicted octanol–water partition coefficient (Wildman–Crippen LogP) is 6.14. The topological polar surface area (TPSA) is 86.8 Å². The van der Waals surface area contributed by atoms with E-state index < -0.39 is 28.5 Å². The lowest BCUT2D eigenvalue weighted by molar-refractivity contribution is -0.139. The van der Waals surface area contributed by atoms with E-state index in [1.165, 1.54) is 17.0 Å². The minimum atomic E-state index is -4.14. The highest BCUT2D eigenvalue weighted by Gasteiger charge is 2.33. The van der Waals surface area contributed by atoms with Gasteiger partial charge in [0, 0.05) is 22.6 Å². The molecule has 3 aromatic carbocycles. The second-order valence-electron chi connectivity index (χ2n) is 9.87. The van der Waals surface area contributed by atoms with Crippen LogP contribution in [0.25, 0.3) is 0 Å². The van der Waals surface area contributed by atoms with E-state index >= 15 is 0 Å². The fourth-order valence-corrected chi connectivity index (χ4v) is 6.06. The van der Waals surface area contributed by atoms with Crippen molar-refractivity contribution in [1.82, 2.24) is 10.2 Å². The Morgan fingerprint density at radius 1 is 0.950 bits per heavy atom. The summed E-state index contributed by atoms with van der Waals surface area (Å²) in [6.45, 7) is 8.55. The van der Waals surface area contributed by atoms with Gasteiger partial charge in [0.25, 0.3) is 10.0 Å². The van der Waals surface area contributed by atoms with Crippen LogP contribution in [0.5, 0.6) is 0 Å². The Kier molecular flexibility index (Phi) is 10.6. The maximum Gasteiger partial charge on any atom is 0.264 e. The van der Waals surface area contributed by atoms with Crippen LogP contribution in [0.2, 0.25) is 10.0 Å². The number of benzene rings is 3. The van der Waals surface area contributed by atoms with E-state index in [1.54, 1.807) is 56.3 Å². The molecule has 0 fully saturated rings. The van der Waals surface area contributed by atoms with Crippen LogP contribution in [0.15, 0.2) is 71.6 Å². The van der Waals surface area contributed by atoms with Gasteiger partial charge < -0.3 is 10.2 Å². The number of hydrogen-bond donors (Lipinski definition) is 1. The molecule has 0 radical (unpaired) electrons. The quantitative estimate of drug-likeness (QED) is 0.285. The highest BCUT2D eigenvalue weighted by molar-refractivity contribution is 7.92. The van der Waals surface area contributed by atoms with Crippen molar-refractivity contribution in [3.63, 3.8) is 0 Å². The number of nitrogens with zero attached hydrogens (tertiary/aromatic N) is 2. The molecule has 0 unspecified atom stereocenters. The van der Waals surface area contributed by atoms with Crippen molar-refractivity contribution in [2.75, 3.05) is 10.8 Å². The number of carbonyl (C=O) groups is 2. The monoisotopic (exact) mass is 603 g/mol. The molecule has 0 saturated heterocycles. The van der Waals surface area contributed by atoms with E-state index in [0.717, 1.165) is 9.87 Å². The van der Waals surface area contributed by atoms with Crippen molar-refractivity contribution in [2.24, 2.45) is 0 Å². The molecule has 0 spiro atoms. The Morgan fingerprint density at radius 3 is 2.25 bits per heavy atom. The highest BCUT2D eigenvalue weighted by Crippen LogP contribution is 2.29. The summed E-state index contributed by atoms with van der Waals surface area (Å²) < 4.78 is 29.0. The third kappa shape index (κ3) is 7.56. The molecule has 1 N–H and O–H groups in total. The number of hydrogen-bond acceptors (Lipinski definition) is 4. The van der Waals surface area contributed by atoms with E-state index in [1.807, 2.05) is 32.9 Å². The Labute approximate surface area is 247 Å². The molecule has 40 heavy (non-hydrogen) atoms. The van der Waals surface area contributed by atoms with Crippen LogP contribution in [-0.2, 0) is 26.2 Å². The fraction of sp³-hybridized carbons (Fsp3) is 0.333. The number of aryl methyl sites for hydroxylation is 2. The van der Waals surface area contributed by atoms with E-state index in [4.69, 9.17) is 23.2 Å². The third-order valence-corrected chi connectivity index (χ3v) is 9.13. The second-order valence-corrected chi connectivity index (χ2v) is 12.6. The summed E-state index contributed by atoms with van der Waals surface area (Å²) in [6, 6.07) is 17.3. The van der Waals surface area contributed by atoms with Crippen molar-refractivity contribution in [3.8, 4) is 0 Å². The number of sulfonamides is 1. The van der Waals surface area contributed by atoms with Gasteiger partial charge in [-0.05, 0) is 81.1 Å². The summed E-state index contributed by atoms with van der Waals surface area (Å²) in [7, 11) is -4.14. The molecule has 0 bridgehead atoms. The Morgan fingerprint density at radius 2 is 1.62 bits per heavy atom. The number of carbonyl (C=O) groups excluding carboxylic acids is 2. The van der Waals surface area contributed by atoms with Gasteiger partial charge in [0.2, 0.25) is 11.8 Å². The molecule has 0 saturated carbocycles. The Balaban J connectivity index is 2.08. The average molecular weight is 605 g/mol. The van der Waals surface area contributed by atoms with Gasteiger partial charge in [0.1, 0.15) is 12.6 Å². The SMILES string of the molecule is CC[C@@H](C)NC(=O)[C@@H](C)N(Cc1ccc(Cl)cc1Cl)C(=O)CN(c1cc(C)ccc1C)S(=O)(=O)c1ccccc1. The summed E-state index contributed by atoms with van der Waals surface area (Å²) in [5.41, 5.74) is 2.49. The molecular weight excluding hydrogens is 569 g/mol. The van der Waals surface area contributed by atoms with Gasteiger partial charge in [-0.1, -0.05) is 66.5 Å². The molecule has 7 nitrogen and oxygen atoms in total. The Hall–Kier alpha value is -3.07. The van der Waals surface area contributed by atoms with Crippen LogP contribution in [0.1, 0.15) is 43.9 Å². The average Bonchev–Trinajstić information content (AvgIpc) is 2.92. The summed E-state index contributed by atoms with van der Waals surface area (Å²) in [5, 5.41) is 3.68. The molecule has 0 aliphatic heterocycles. The standard InChI is InChI=1S/C30H35Cl2N3O4S/c1-6-22(4)33-30(37)23(5)34(18-24-14-15-25(31)17-27(24)32)29(36)19-35(28-16-20(2)12-13-21(28)3)40(38,39)26-10-8-7-9-11-26/h7-17,22-23H,6,18-19H2,1-5H3,(H,33,37)/t22-,23-/m1/s1. The minimum absolute atomic E-state index is 0.0179. The summed E-state index contributed by atoms with van der Waals surface area (Å²) >= 11 is 12.5. The van der Waals surface area contributed by atoms with Crippen molar-refractivity contribution in [3.05, 3.63) is 93.5 Å². The zero-order chi connectivity index (χ0) is 29.6. The van der Waals surface area contributed by atoms with Crippen molar-refractivity contribution in [1.29, 1.82) is 0 Å². The molecular formula is C30H35Cl2N3O4S. The lowest BCUT2D eigenvalue weighted by Crippen LogP contribution is -2.52. The normalized spacial score (nSPS) is 12.9. The minimum Gasteiger partial charge on any atom is -0.352 e. The predicted molar refractivity (Wildman–Crippen MR) is 161 cm³/mol. The number of rotatable bonds is 11. The Bertz CT molecular complexity index is 1470. The van der Waals surface area contributed by atoms with Crippen molar-refractivity contribution < 1.29 is 18.0 Å². The third-order valence-electron chi connectivity index (χ3n) is 6.77. The number of amides is 2. The molecule has 0 aliphatic carbocycles. The second kappa shape index (κ2) is 13.5. The highest BCUT2D eigenvalue weighted by atomic mass is 35.5. The summed E-state index contributed by atoms with van der Waals surface area (Å²) in [4.78, 5) is 28.6. The molecule has 10 heteroatoms. The van der Waals surface area contributed by atoms with Crippen molar-refractivity contribution >= 4 is 50.7 Å². The maximum atomic E-state index is 14.1. The first-order valence-electron chi connectivity index (χ1n) is 13.0.